The Bertz CT molecular complexity index is 1100. The van der Waals surface area contributed by atoms with Crippen molar-refractivity contribution >= 4 is 0 Å². The zero-order valence-corrected chi connectivity index (χ0v) is 14.2. The Morgan fingerprint density at radius 2 is 1.88 bits per heavy atom. The lowest BCUT2D eigenvalue weighted by Crippen LogP contribution is -2.26. The van der Waals surface area contributed by atoms with Crippen LogP contribution in [0.2, 0.25) is 0 Å². The van der Waals surface area contributed by atoms with E-state index in [-0.39, 0.29) is 0 Å². The highest BCUT2D eigenvalue weighted by Crippen LogP contribution is 2.27. The maximum absolute atomic E-state index is 9.19. The maximum atomic E-state index is 9.19. The first-order valence-electron chi connectivity index (χ1n) is 7.66. The Morgan fingerprint density at radius 1 is 1.08 bits per heavy atom. The Labute approximate surface area is 149 Å². The highest BCUT2D eigenvalue weighted by molar-refractivity contribution is 5.80. The quantitative estimate of drug-likeness (QED) is 0.718. The third kappa shape index (κ3) is 3.12. The Balaban J connectivity index is 2.35. The summed E-state index contributed by atoms with van der Waals surface area (Å²) < 4.78 is 1.62. The molecule has 26 heavy (non-hydrogen) atoms. The number of pyridine rings is 2. The van der Waals surface area contributed by atoms with Crippen molar-refractivity contribution in [1.82, 2.24) is 25.2 Å². The van der Waals surface area contributed by atoms with Crippen LogP contribution in [0.4, 0.5) is 0 Å². The molecule has 0 aliphatic heterocycles. The van der Waals surface area contributed by atoms with Crippen molar-refractivity contribution in [1.29, 1.82) is 10.5 Å². The Morgan fingerprint density at radius 3 is 2.54 bits per heavy atom. The van der Waals surface area contributed by atoms with Gasteiger partial charge in [0.25, 0.3) is 0 Å². The second-order valence-corrected chi connectivity index (χ2v) is 5.33. The van der Waals surface area contributed by atoms with Gasteiger partial charge in [0.05, 0.1) is 23.0 Å². The molecule has 8 heteroatoms. The molecule has 0 aliphatic rings. The number of aryl methyl sites for hydroxylation is 1. The fraction of sp³-hybridized carbons (Fsp3) is 0.111. The number of aromatic nitrogens is 4. The zero-order chi connectivity index (χ0) is 18.5. The van der Waals surface area contributed by atoms with Crippen molar-refractivity contribution in [3.05, 3.63) is 59.6 Å². The third-order valence-corrected chi connectivity index (χ3v) is 3.70. The smallest absolute Gasteiger partial charge is 0.177 e. The fourth-order valence-electron chi connectivity index (χ4n) is 2.52. The molecule has 0 saturated heterocycles. The van der Waals surface area contributed by atoms with Gasteiger partial charge in [-0.15, -0.1) is 0 Å². The van der Waals surface area contributed by atoms with Crippen LogP contribution in [-0.2, 0) is 7.05 Å². The zero-order valence-electron chi connectivity index (χ0n) is 14.2. The number of nitriles is 2. The number of hydrogen-bond acceptors (Lipinski definition) is 7. The van der Waals surface area contributed by atoms with E-state index in [9.17, 15) is 5.26 Å². The molecule has 0 aliphatic carbocycles. The minimum Gasteiger partial charge on any atom is -0.311 e. The molecular formula is C18H14N8. The highest BCUT2D eigenvalue weighted by atomic mass is 15.3. The van der Waals surface area contributed by atoms with Crippen LogP contribution >= 0.6 is 0 Å². The van der Waals surface area contributed by atoms with E-state index in [4.69, 9.17) is 5.26 Å². The molecule has 0 saturated carbocycles. The lowest BCUT2D eigenvalue weighted by molar-refractivity contribution is 0.665. The van der Waals surface area contributed by atoms with Crippen LogP contribution in [0.15, 0.2) is 48.1 Å². The molecular weight excluding hydrogens is 328 g/mol. The maximum Gasteiger partial charge on any atom is 0.177 e. The van der Waals surface area contributed by atoms with Gasteiger partial charge in [0.2, 0.25) is 0 Å². The van der Waals surface area contributed by atoms with Gasteiger partial charge in [-0.2, -0.15) is 20.7 Å². The lowest BCUT2D eigenvalue weighted by atomic mass is 10.0. The van der Waals surface area contributed by atoms with Crippen LogP contribution in [0.25, 0.3) is 22.4 Å². The van der Waals surface area contributed by atoms with Gasteiger partial charge in [0, 0.05) is 49.4 Å². The van der Waals surface area contributed by atoms with Gasteiger partial charge in [-0.3, -0.25) is 9.97 Å². The third-order valence-electron chi connectivity index (χ3n) is 3.70. The van der Waals surface area contributed by atoms with E-state index in [0.29, 0.717) is 22.3 Å². The molecule has 3 aromatic heterocycles. The number of hydrogen-bond donors (Lipinski definition) is 1. The van der Waals surface area contributed by atoms with Crippen LogP contribution in [0.1, 0.15) is 11.1 Å². The normalized spacial score (nSPS) is 10.8. The standard InChI is InChI=1S/C18H14N8/c1-21-25-18-17(14-5-13(7-20)8-22-10-14)15(11-24-26(18)2)16-4-3-12(6-19)9-23-16/h3-5,8-11,21H,1-2H3/b25-18-. The molecule has 0 atom stereocenters. The molecule has 1 N–H and O–H groups in total. The van der Waals surface area contributed by atoms with Gasteiger partial charge in [0.1, 0.15) is 12.1 Å². The van der Waals surface area contributed by atoms with E-state index in [2.05, 4.69) is 37.7 Å². The first-order chi connectivity index (χ1) is 12.7. The van der Waals surface area contributed by atoms with E-state index in [1.807, 2.05) is 0 Å². The molecule has 0 unspecified atom stereocenters. The van der Waals surface area contributed by atoms with Crippen LogP contribution in [0.5, 0.6) is 0 Å². The monoisotopic (exact) mass is 342 g/mol. The van der Waals surface area contributed by atoms with Crippen molar-refractivity contribution in [2.24, 2.45) is 12.1 Å². The first-order valence-corrected chi connectivity index (χ1v) is 7.66. The molecule has 3 aromatic rings. The lowest BCUT2D eigenvalue weighted by Gasteiger charge is -2.12. The molecule has 0 radical (unpaired) electrons. The van der Waals surface area contributed by atoms with Gasteiger partial charge in [-0.25, -0.2) is 4.68 Å². The number of rotatable bonds is 3. The van der Waals surface area contributed by atoms with Crippen molar-refractivity contribution in [2.75, 3.05) is 7.05 Å². The van der Waals surface area contributed by atoms with Crippen molar-refractivity contribution in [3.8, 4) is 34.5 Å². The number of nitrogens with one attached hydrogen (secondary N) is 1. The van der Waals surface area contributed by atoms with Crippen LogP contribution in [-0.4, -0.2) is 26.8 Å². The van der Waals surface area contributed by atoms with E-state index >= 15 is 0 Å². The highest BCUT2D eigenvalue weighted by Gasteiger charge is 2.15. The molecule has 0 amide bonds. The van der Waals surface area contributed by atoms with Crippen molar-refractivity contribution in [3.63, 3.8) is 0 Å². The SMILES string of the molecule is CN/N=c1/c(-c2cncc(C#N)c2)c(-c2ccc(C#N)cn2)cnn1C. The average Bonchev–Trinajstić information content (AvgIpc) is 2.69. The van der Waals surface area contributed by atoms with Gasteiger partial charge in [0.15, 0.2) is 5.49 Å². The summed E-state index contributed by atoms with van der Waals surface area (Å²) in [6, 6.07) is 9.33. The molecule has 0 bridgehead atoms. The van der Waals surface area contributed by atoms with E-state index in [1.165, 1.54) is 12.4 Å². The molecule has 3 heterocycles. The second kappa shape index (κ2) is 7.24. The van der Waals surface area contributed by atoms with Crippen LogP contribution in [0.3, 0.4) is 0 Å². The summed E-state index contributed by atoms with van der Waals surface area (Å²) in [5, 5.41) is 26.8. The first kappa shape index (κ1) is 16.8. The van der Waals surface area contributed by atoms with E-state index in [0.717, 1.165) is 16.7 Å². The minimum atomic E-state index is 0.441. The molecule has 126 valence electrons. The number of nitrogens with zero attached hydrogens (tertiary/aromatic N) is 7. The topological polar surface area (TPSA) is 116 Å². The molecule has 0 aromatic carbocycles. The summed E-state index contributed by atoms with van der Waals surface area (Å²) in [6.45, 7) is 0. The summed E-state index contributed by atoms with van der Waals surface area (Å²) in [6.07, 6.45) is 6.35. The van der Waals surface area contributed by atoms with Gasteiger partial charge >= 0.3 is 0 Å². The summed E-state index contributed by atoms with van der Waals surface area (Å²) >= 11 is 0. The molecule has 0 fully saturated rings. The largest absolute Gasteiger partial charge is 0.311 e. The summed E-state index contributed by atoms with van der Waals surface area (Å²) in [4.78, 5) is 8.51. The van der Waals surface area contributed by atoms with Gasteiger partial charge in [-0.05, 0) is 18.2 Å². The van der Waals surface area contributed by atoms with E-state index < -0.39 is 0 Å². The van der Waals surface area contributed by atoms with Crippen LogP contribution in [0, 0.1) is 22.7 Å². The van der Waals surface area contributed by atoms with Crippen LogP contribution < -0.4 is 10.9 Å². The fourth-order valence-corrected chi connectivity index (χ4v) is 2.52. The predicted molar refractivity (Wildman–Crippen MR) is 93.7 cm³/mol. The second-order valence-electron chi connectivity index (χ2n) is 5.33. The van der Waals surface area contributed by atoms with Gasteiger partial charge in [-0.1, -0.05) is 0 Å². The Hall–Kier alpha value is -4.04. The molecule has 3 rings (SSSR count). The van der Waals surface area contributed by atoms with E-state index in [1.54, 1.807) is 49.4 Å². The molecule has 0 spiro atoms. The predicted octanol–water partition coefficient (Wildman–Crippen LogP) is 1.32. The summed E-state index contributed by atoms with van der Waals surface area (Å²) in [7, 11) is 3.47. The Kier molecular flexibility index (Phi) is 4.68. The van der Waals surface area contributed by atoms with Crippen molar-refractivity contribution in [2.45, 2.75) is 0 Å². The van der Waals surface area contributed by atoms with Crippen molar-refractivity contribution < 1.29 is 0 Å². The minimum absolute atomic E-state index is 0.441. The average molecular weight is 342 g/mol. The summed E-state index contributed by atoms with van der Waals surface area (Å²) in [5.41, 5.74) is 7.07. The molecule has 8 nitrogen and oxygen atoms in total. The summed E-state index contributed by atoms with van der Waals surface area (Å²) in [5.74, 6) is 0. The van der Waals surface area contributed by atoms with Gasteiger partial charge < -0.3 is 5.43 Å².